The standard InChI is InChI=1S/C21H23N3O2/c25-21(17-10-12-24-13-11-22-20(24)14-17)23-18-8-4-5-9-19(18)26-15-16-6-2-1-3-7-16/h4-5,8-14,16H,1-3,6-7,15H2,(H,23,25). The number of hydrogen-bond donors (Lipinski definition) is 1. The highest BCUT2D eigenvalue weighted by molar-refractivity contribution is 6.05. The van der Waals surface area contributed by atoms with E-state index in [0.717, 1.165) is 11.4 Å². The summed E-state index contributed by atoms with van der Waals surface area (Å²) in [6.07, 6.45) is 11.8. The molecule has 0 bridgehead atoms. The average Bonchev–Trinajstić information content (AvgIpc) is 3.16. The van der Waals surface area contributed by atoms with E-state index in [4.69, 9.17) is 4.74 Å². The molecule has 0 aliphatic heterocycles. The number of pyridine rings is 1. The van der Waals surface area contributed by atoms with Gasteiger partial charge in [0, 0.05) is 24.2 Å². The largest absolute Gasteiger partial charge is 0.491 e. The minimum atomic E-state index is -0.163. The van der Waals surface area contributed by atoms with Crippen molar-refractivity contribution in [2.75, 3.05) is 11.9 Å². The molecule has 0 unspecified atom stereocenters. The minimum Gasteiger partial charge on any atom is -0.491 e. The van der Waals surface area contributed by atoms with Gasteiger partial charge in [-0.15, -0.1) is 0 Å². The maximum Gasteiger partial charge on any atom is 0.255 e. The summed E-state index contributed by atoms with van der Waals surface area (Å²) in [5, 5.41) is 2.97. The molecule has 0 radical (unpaired) electrons. The maximum absolute atomic E-state index is 12.6. The van der Waals surface area contributed by atoms with Crippen LogP contribution >= 0.6 is 0 Å². The Morgan fingerprint density at radius 2 is 2.00 bits per heavy atom. The highest BCUT2D eigenvalue weighted by Crippen LogP contribution is 2.28. The second-order valence-electron chi connectivity index (χ2n) is 6.87. The second kappa shape index (κ2) is 7.60. The van der Waals surface area contributed by atoms with Crippen LogP contribution < -0.4 is 10.1 Å². The predicted octanol–water partition coefficient (Wildman–Crippen LogP) is 4.55. The number of aromatic nitrogens is 2. The lowest BCUT2D eigenvalue weighted by Gasteiger charge is -2.22. The molecular weight excluding hydrogens is 326 g/mol. The van der Waals surface area contributed by atoms with Crippen molar-refractivity contribution < 1.29 is 9.53 Å². The summed E-state index contributed by atoms with van der Waals surface area (Å²) in [4.78, 5) is 16.9. The van der Waals surface area contributed by atoms with Crippen LogP contribution in [0, 0.1) is 5.92 Å². The lowest BCUT2D eigenvalue weighted by atomic mass is 9.90. The number of carbonyl (C=O) groups is 1. The molecule has 2 aromatic heterocycles. The molecule has 5 nitrogen and oxygen atoms in total. The quantitative estimate of drug-likeness (QED) is 0.735. The summed E-state index contributed by atoms with van der Waals surface area (Å²) in [6, 6.07) is 11.2. The molecule has 0 saturated heterocycles. The first-order valence-corrected chi connectivity index (χ1v) is 9.25. The van der Waals surface area contributed by atoms with Gasteiger partial charge in [-0.25, -0.2) is 4.98 Å². The summed E-state index contributed by atoms with van der Waals surface area (Å²) < 4.78 is 7.91. The lowest BCUT2D eigenvalue weighted by molar-refractivity contribution is 0.102. The third kappa shape index (κ3) is 3.72. The van der Waals surface area contributed by atoms with Crippen molar-refractivity contribution in [3.8, 4) is 5.75 Å². The number of benzene rings is 1. The molecule has 1 fully saturated rings. The molecule has 1 aliphatic carbocycles. The SMILES string of the molecule is O=C(Nc1ccccc1OCC1CCCCC1)c1ccn2ccnc2c1. The average molecular weight is 349 g/mol. The van der Waals surface area contributed by atoms with Crippen LogP contribution in [0.4, 0.5) is 5.69 Å². The monoisotopic (exact) mass is 349 g/mol. The van der Waals surface area contributed by atoms with E-state index in [2.05, 4.69) is 10.3 Å². The summed E-state index contributed by atoms with van der Waals surface area (Å²) in [5.41, 5.74) is 2.03. The Morgan fingerprint density at radius 1 is 1.15 bits per heavy atom. The highest BCUT2D eigenvalue weighted by Gasteiger charge is 2.16. The van der Waals surface area contributed by atoms with Crippen LogP contribution in [0.1, 0.15) is 42.5 Å². The van der Waals surface area contributed by atoms with E-state index >= 15 is 0 Å². The van der Waals surface area contributed by atoms with E-state index < -0.39 is 0 Å². The predicted molar refractivity (Wildman–Crippen MR) is 102 cm³/mol. The van der Waals surface area contributed by atoms with Crippen LogP contribution in [0.5, 0.6) is 5.75 Å². The van der Waals surface area contributed by atoms with E-state index in [0.29, 0.717) is 23.8 Å². The zero-order chi connectivity index (χ0) is 17.8. The van der Waals surface area contributed by atoms with Crippen molar-refractivity contribution in [2.45, 2.75) is 32.1 Å². The Balaban J connectivity index is 1.45. The van der Waals surface area contributed by atoms with Gasteiger partial charge in [0.2, 0.25) is 0 Å². The summed E-state index contributed by atoms with van der Waals surface area (Å²) in [6.45, 7) is 0.715. The van der Waals surface area contributed by atoms with Crippen molar-refractivity contribution in [1.29, 1.82) is 0 Å². The van der Waals surface area contributed by atoms with Crippen LogP contribution in [0.15, 0.2) is 55.0 Å². The number of fused-ring (bicyclic) bond motifs is 1. The normalized spacial score (nSPS) is 15.1. The van der Waals surface area contributed by atoms with E-state index in [1.165, 1.54) is 32.1 Å². The first-order chi connectivity index (χ1) is 12.8. The van der Waals surface area contributed by atoms with Gasteiger partial charge in [-0.2, -0.15) is 0 Å². The first kappa shape index (κ1) is 16.6. The Morgan fingerprint density at radius 3 is 2.88 bits per heavy atom. The first-order valence-electron chi connectivity index (χ1n) is 9.25. The number of ether oxygens (including phenoxy) is 1. The maximum atomic E-state index is 12.6. The molecule has 5 heteroatoms. The molecule has 1 aliphatic rings. The summed E-state index contributed by atoms with van der Waals surface area (Å²) >= 11 is 0. The fourth-order valence-electron chi connectivity index (χ4n) is 3.50. The summed E-state index contributed by atoms with van der Waals surface area (Å²) in [5.74, 6) is 1.19. The third-order valence-electron chi connectivity index (χ3n) is 4.99. The summed E-state index contributed by atoms with van der Waals surface area (Å²) in [7, 11) is 0. The van der Waals surface area contributed by atoms with Gasteiger partial charge in [0.05, 0.1) is 12.3 Å². The number of para-hydroxylation sites is 2. The van der Waals surface area contributed by atoms with Gasteiger partial charge in [0.15, 0.2) is 0 Å². The Labute approximate surface area is 153 Å². The van der Waals surface area contributed by atoms with Crippen molar-refractivity contribution in [3.63, 3.8) is 0 Å². The van der Waals surface area contributed by atoms with Crippen LogP contribution in [-0.2, 0) is 0 Å². The molecule has 1 N–H and O–H groups in total. The van der Waals surface area contributed by atoms with Crippen molar-refractivity contribution in [3.05, 3.63) is 60.6 Å². The van der Waals surface area contributed by atoms with Gasteiger partial charge in [0.1, 0.15) is 11.4 Å². The molecule has 26 heavy (non-hydrogen) atoms. The second-order valence-corrected chi connectivity index (χ2v) is 6.87. The van der Waals surface area contributed by atoms with Crippen LogP contribution in [0.25, 0.3) is 5.65 Å². The Kier molecular flexibility index (Phi) is 4.86. The Hall–Kier alpha value is -2.82. The number of anilines is 1. The topological polar surface area (TPSA) is 55.6 Å². The number of imidazole rings is 1. The fraction of sp³-hybridized carbons (Fsp3) is 0.333. The van der Waals surface area contributed by atoms with Crippen molar-refractivity contribution in [2.24, 2.45) is 5.92 Å². The molecule has 134 valence electrons. The number of carbonyl (C=O) groups excluding carboxylic acids is 1. The number of amides is 1. The van der Waals surface area contributed by atoms with Gasteiger partial charge >= 0.3 is 0 Å². The molecule has 1 aromatic carbocycles. The molecule has 4 rings (SSSR count). The van der Waals surface area contributed by atoms with Crippen LogP contribution in [-0.4, -0.2) is 21.9 Å². The number of nitrogens with one attached hydrogen (secondary N) is 1. The van der Waals surface area contributed by atoms with Gasteiger partial charge in [0.25, 0.3) is 5.91 Å². The molecule has 1 amide bonds. The minimum absolute atomic E-state index is 0.163. The Bertz CT molecular complexity index is 897. The van der Waals surface area contributed by atoms with Gasteiger partial charge in [-0.3, -0.25) is 4.79 Å². The van der Waals surface area contributed by atoms with E-state index in [1.54, 1.807) is 18.3 Å². The highest BCUT2D eigenvalue weighted by atomic mass is 16.5. The number of hydrogen-bond acceptors (Lipinski definition) is 3. The van der Waals surface area contributed by atoms with Crippen molar-refractivity contribution >= 4 is 17.2 Å². The van der Waals surface area contributed by atoms with Gasteiger partial charge in [-0.05, 0) is 43.0 Å². The number of rotatable bonds is 5. The van der Waals surface area contributed by atoms with Gasteiger partial charge in [-0.1, -0.05) is 31.4 Å². The molecule has 2 heterocycles. The molecule has 3 aromatic rings. The van der Waals surface area contributed by atoms with E-state index in [-0.39, 0.29) is 5.91 Å². The molecule has 0 atom stereocenters. The van der Waals surface area contributed by atoms with E-state index in [9.17, 15) is 4.79 Å². The van der Waals surface area contributed by atoms with Crippen LogP contribution in [0.3, 0.4) is 0 Å². The van der Waals surface area contributed by atoms with Gasteiger partial charge < -0.3 is 14.5 Å². The number of nitrogens with zero attached hydrogens (tertiary/aromatic N) is 2. The fourth-order valence-corrected chi connectivity index (χ4v) is 3.50. The molecule has 0 spiro atoms. The van der Waals surface area contributed by atoms with Crippen LogP contribution in [0.2, 0.25) is 0 Å². The lowest BCUT2D eigenvalue weighted by Crippen LogP contribution is -2.17. The smallest absolute Gasteiger partial charge is 0.255 e. The van der Waals surface area contributed by atoms with Crippen molar-refractivity contribution in [1.82, 2.24) is 9.38 Å². The third-order valence-corrected chi connectivity index (χ3v) is 4.99. The zero-order valence-electron chi connectivity index (χ0n) is 14.7. The molecular formula is C21H23N3O2. The zero-order valence-corrected chi connectivity index (χ0v) is 14.7. The molecule has 1 saturated carbocycles. The van der Waals surface area contributed by atoms with E-state index in [1.807, 2.05) is 41.1 Å².